The van der Waals surface area contributed by atoms with E-state index in [0.717, 1.165) is 0 Å². The van der Waals surface area contributed by atoms with Gasteiger partial charge >= 0.3 is 5.97 Å². The van der Waals surface area contributed by atoms with E-state index in [1.165, 1.54) is 11.8 Å². The van der Waals surface area contributed by atoms with Gasteiger partial charge in [-0.05, 0) is 12.8 Å². The van der Waals surface area contributed by atoms with E-state index in [1.807, 2.05) is 6.07 Å². The van der Waals surface area contributed by atoms with Crippen LogP contribution < -0.4 is 0 Å². The number of rotatable bonds is 2. The number of allylic oxidation sites excluding steroid dienone is 1. The summed E-state index contributed by atoms with van der Waals surface area (Å²) in [5, 5.41) is 9.23. The van der Waals surface area contributed by atoms with Crippen molar-refractivity contribution >= 4 is 41.0 Å². The van der Waals surface area contributed by atoms with E-state index >= 15 is 0 Å². The van der Waals surface area contributed by atoms with Crippen molar-refractivity contribution in [3.63, 3.8) is 0 Å². The predicted octanol–water partition coefficient (Wildman–Crippen LogP) is 2.36. The number of carboxylic acid groups (broad SMARTS) is 1. The van der Waals surface area contributed by atoms with Crippen LogP contribution >= 0.6 is 11.8 Å². The zero-order valence-corrected chi connectivity index (χ0v) is 17.1. The Hall–Kier alpha value is -2.61. The van der Waals surface area contributed by atoms with E-state index in [4.69, 9.17) is 4.74 Å². The first-order valence-corrected chi connectivity index (χ1v) is 11.1. The van der Waals surface area contributed by atoms with Crippen LogP contribution in [0.3, 0.4) is 0 Å². The van der Waals surface area contributed by atoms with Crippen molar-refractivity contribution in [3.8, 4) is 0 Å². The summed E-state index contributed by atoms with van der Waals surface area (Å²) in [6.45, 7) is 0.999. The standard InChI is InChI=1S/C22H21NO6S/c24-16-12-3-1-2-4-13(12)18-19(17(16)25)30-11-22(29-18)7-9-23(10-8-22)20(26)14-5-6-15(14)21(27)28/h1-4,14-15H,5-11H2,(H,27,28). The van der Waals surface area contributed by atoms with E-state index in [-0.39, 0.29) is 5.91 Å². The van der Waals surface area contributed by atoms with E-state index in [2.05, 4.69) is 0 Å². The Morgan fingerprint density at radius 2 is 1.70 bits per heavy atom. The molecule has 1 aromatic rings. The zero-order chi connectivity index (χ0) is 21.0. The Labute approximate surface area is 177 Å². The summed E-state index contributed by atoms with van der Waals surface area (Å²) in [7, 11) is 0. The molecule has 30 heavy (non-hydrogen) atoms. The van der Waals surface area contributed by atoms with Crippen LogP contribution in [0.4, 0.5) is 0 Å². The fraction of sp³-hybridized carbons (Fsp3) is 0.455. The predicted molar refractivity (Wildman–Crippen MR) is 109 cm³/mol. The number of Topliss-reactive ketones (excluding diaryl/α,β-unsaturated/α-hetero) is 2. The van der Waals surface area contributed by atoms with Gasteiger partial charge in [-0.25, -0.2) is 0 Å². The summed E-state index contributed by atoms with van der Waals surface area (Å²) in [5.41, 5.74) is 0.525. The number of ether oxygens (including phenoxy) is 1. The molecule has 0 radical (unpaired) electrons. The molecule has 0 aromatic heterocycles. The number of benzene rings is 1. The molecule has 2 aliphatic carbocycles. The quantitative estimate of drug-likeness (QED) is 0.723. The summed E-state index contributed by atoms with van der Waals surface area (Å²) in [4.78, 5) is 51.1. The van der Waals surface area contributed by atoms with Crippen molar-refractivity contribution in [2.75, 3.05) is 18.8 Å². The van der Waals surface area contributed by atoms with Crippen molar-refractivity contribution in [1.29, 1.82) is 0 Å². The van der Waals surface area contributed by atoms with Gasteiger partial charge in [0.25, 0.3) is 0 Å². The molecule has 2 unspecified atom stereocenters. The Morgan fingerprint density at radius 1 is 1.03 bits per heavy atom. The van der Waals surface area contributed by atoms with Crippen LogP contribution in [0.5, 0.6) is 0 Å². The van der Waals surface area contributed by atoms with Crippen LogP contribution in [0, 0.1) is 11.8 Å². The number of aliphatic carboxylic acids is 1. The van der Waals surface area contributed by atoms with Crippen LogP contribution in [0.25, 0.3) is 5.76 Å². The molecule has 8 heteroatoms. The van der Waals surface area contributed by atoms with Crippen LogP contribution in [-0.2, 0) is 19.1 Å². The summed E-state index contributed by atoms with van der Waals surface area (Å²) in [5.74, 6) is -1.92. The maximum Gasteiger partial charge on any atom is 0.307 e. The minimum Gasteiger partial charge on any atom is -0.484 e. The number of fused-ring (bicyclic) bond motifs is 2. The number of hydrogen-bond donors (Lipinski definition) is 1. The minimum atomic E-state index is -0.894. The number of carbonyl (C=O) groups excluding carboxylic acids is 3. The fourth-order valence-electron chi connectivity index (χ4n) is 4.72. The maximum atomic E-state index is 12.8. The van der Waals surface area contributed by atoms with E-state index in [9.17, 15) is 24.3 Å². The second-order valence-corrected chi connectivity index (χ2v) is 9.38. The van der Waals surface area contributed by atoms with Crippen LogP contribution in [0.2, 0.25) is 0 Å². The number of piperidine rings is 1. The van der Waals surface area contributed by atoms with Gasteiger partial charge in [0, 0.05) is 42.8 Å². The summed E-state index contributed by atoms with van der Waals surface area (Å²) >= 11 is 1.37. The molecule has 2 aliphatic heterocycles. The second-order valence-electron chi connectivity index (χ2n) is 8.39. The molecule has 2 atom stereocenters. The number of ketones is 2. The van der Waals surface area contributed by atoms with Crippen molar-refractivity contribution in [1.82, 2.24) is 4.90 Å². The third-order valence-electron chi connectivity index (χ3n) is 6.73. The SMILES string of the molecule is O=C1C(=O)c2ccccc2C2=C1SCC1(CCN(C(=O)C3CCC3C(=O)O)CC1)O2. The molecule has 1 amide bonds. The summed E-state index contributed by atoms with van der Waals surface area (Å²) < 4.78 is 6.41. The first-order valence-electron chi connectivity index (χ1n) is 10.2. The van der Waals surface area contributed by atoms with Crippen molar-refractivity contribution < 1.29 is 29.0 Å². The summed E-state index contributed by atoms with van der Waals surface area (Å²) in [6, 6.07) is 7.00. The number of nitrogens with zero attached hydrogens (tertiary/aromatic N) is 1. The molecule has 0 bridgehead atoms. The smallest absolute Gasteiger partial charge is 0.307 e. The number of hydrogen-bond acceptors (Lipinski definition) is 6. The minimum absolute atomic E-state index is 0.0735. The molecule has 5 rings (SSSR count). The highest BCUT2D eigenvalue weighted by atomic mass is 32.2. The van der Waals surface area contributed by atoms with Gasteiger partial charge in [0.15, 0.2) is 0 Å². The highest BCUT2D eigenvalue weighted by molar-refractivity contribution is 8.04. The molecular weight excluding hydrogens is 406 g/mol. The highest BCUT2D eigenvalue weighted by Crippen LogP contribution is 2.47. The number of likely N-dealkylation sites (tertiary alicyclic amines) is 1. The third-order valence-corrected chi connectivity index (χ3v) is 8.06. The maximum absolute atomic E-state index is 12.8. The molecule has 2 fully saturated rings. The topological polar surface area (TPSA) is 101 Å². The zero-order valence-electron chi connectivity index (χ0n) is 16.3. The van der Waals surface area contributed by atoms with Gasteiger partial charge in [0.1, 0.15) is 16.3 Å². The molecule has 1 spiro atoms. The van der Waals surface area contributed by atoms with Gasteiger partial charge < -0.3 is 14.7 Å². The fourth-order valence-corrected chi connectivity index (χ4v) is 5.98. The second kappa shape index (κ2) is 6.97. The Kier molecular flexibility index (Phi) is 4.50. The van der Waals surface area contributed by atoms with Crippen molar-refractivity contribution in [3.05, 3.63) is 40.3 Å². The van der Waals surface area contributed by atoms with Crippen LogP contribution in [-0.4, -0.2) is 57.9 Å². The third kappa shape index (κ3) is 2.88. The molecule has 4 aliphatic rings. The number of carboxylic acids is 1. The largest absolute Gasteiger partial charge is 0.484 e. The monoisotopic (exact) mass is 427 g/mol. The lowest BCUT2D eigenvalue weighted by molar-refractivity contribution is -0.158. The van der Waals surface area contributed by atoms with E-state index in [0.29, 0.717) is 66.3 Å². The Bertz CT molecular complexity index is 1010. The molecule has 1 saturated heterocycles. The van der Waals surface area contributed by atoms with E-state index in [1.54, 1.807) is 23.1 Å². The average molecular weight is 427 g/mol. The molecule has 1 aromatic carbocycles. The Balaban J connectivity index is 1.33. The molecule has 156 valence electrons. The summed E-state index contributed by atoms with van der Waals surface area (Å²) in [6.07, 6.45) is 2.41. The number of amides is 1. The number of carbonyl (C=O) groups is 4. The van der Waals surface area contributed by atoms with Crippen molar-refractivity contribution in [2.24, 2.45) is 11.8 Å². The van der Waals surface area contributed by atoms with Gasteiger partial charge in [-0.15, -0.1) is 11.8 Å². The van der Waals surface area contributed by atoms with Gasteiger partial charge in [-0.3, -0.25) is 19.2 Å². The van der Waals surface area contributed by atoms with Gasteiger partial charge in [-0.2, -0.15) is 0 Å². The normalized spacial score (nSPS) is 27.1. The lowest BCUT2D eigenvalue weighted by Gasteiger charge is -2.46. The van der Waals surface area contributed by atoms with Crippen molar-refractivity contribution in [2.45, 2.75) is 31.3 Å². The van der Waals surface area contributed by atoms with Crippen LogP contribution in [0.15, 0.2) is 29.2 Å². The highest BCUT2D eigenvalue weighted by Gasteiger charge is 2.48. The first-order chi connectivity index (χ1) is 14.4. The lowest BCUT2D eigenvalue weighted by atomic mass is 9.72. The number of thioether (sulfide) groups is 1. The average Bonchev–Trinajstić information content (AvgIpc) is 2.71. The molecular formula is C22H21NO6S. The lowest BCUT2D eigenvalue weighted by Crippen LogP contribution is -2.54. The molecule has 1 saturated carbocycles. The molecule has 1 N–H and O–H groups in total. The van der Waals surface area contributed by atoms with Gasteiger partial charge in [0.2, 0.25) is 17.5 Å². The molecule has 2 heterocycles. The van der Waals surface area contributed by atoms with E-state index < -0.39 is 35.0 Å². The Morgan fingerprint density at radius 3 is 2.33 bits per heavy atom. The molecule has 7 nitrogen and oxygen atoms in total. The van der Waals surface area contributed by atoms with Gasteiger partial charge in [0.05, 0.1) is 11.8 Å². The van der Waals surface area contributed by atoms with Crippen LogP contribution in [0.1, 0.15) is 41.6 Å². The van der Waals surface area contributed by atoms with Gasteiger partial charge in [-0.1, -0.05) is 24.3 Å². The first kappa shape index (κ1) is 19.4.